The second-order valence-electron chi connectivity index (χ2n) is 7.84. The van der Waals surface area contributed by atoms with E-state index in [4.69, 9.17) is 0 Å². The van der Waals surface area contributed by atoms with E-state index in [0.717, 1.165) is 41.1 Å². The Morgan fingerprint density at radius 3 is 2.35 bits per heavy atom. The fourth-order valence-corrected chi connectivity index (χ4v) is 6.58. The van der Waals surface area contributed by atoms with Gasteiger partial charge < -0.3 is 0 Å². The molecule has 2 bridgehead atoms. The third-order valence-corrected chi connectivity index (χ3v) is 8.10. The van der Waals surface area contributed by atoms with Gasteiger partial charge in [0.25, 0.3) is 0 Å². The molecule has 3 atom stereocenters. The zero-order valence-corrected chi connectivity index (χ0v) is 16.8. The number of hydrogen-bond acceptors (Lipinski definition) is 3. The summed E-state index contributed by atoms with van der Waals surface area (Å²) in [5.74, 6) is -0.566. The number of nitrogens with zero attached hydrogens (tertiary/aromatic N) is 2. The highest BCUT2D eigenvalue weighted by Crippen LogP contribution is 2.52. The van der Waals surface area contributed by atoms with Crippen molar-refractivity contribution in [2.75, 3.05) is 0 Å². The lowest BCUT2D eigenvalue weighted by Crippen LogP contribution is -2.43. The lowest BCUT2D eigenvalue weighted by atomic mass is 9.90. The van der Waals surface area contributed by atoms with E-state index in [1.165, 1.54) is 16.4 Å². The number of benzene rings is 2. The quantitative estimate of drug-likeness (QED) is 0.600. The normalized spacial score (nSPS) is 23.7. The molecule has 5 nitrogen and oxygen atoms in total. The van der Waals surface area contributed by atoms with Gasteiger partial charge in [-0.25, -0.2) is 12.8 Å². The Labute approximate surface area is 175 Å². The maximum atomic E-state index is 13.5. The summed E-state index contributed by atoms with van der Waals surface area (Å²) in [6.07, 6.45) is -2.10. The van der Waals surface area contributed by atoms with E-state index in [2.05, 4.69) is 10.2 Å². The van der Waals surface area contributed by atoms with Gasteiger partial charge in [-0.05, 0) is 48.4 Å². The van der Waals surface area contributed by atoms with Crippen LogP contribution in [0.4, 0.5) is 17.6 Å². The van der Waals surface area contributed by atoms with Crippen LogP contribution in [0.5, 0.6) is 0 Å². The average molecular weight is 451 g/mol. The van der Waals surface area contributed by atoms with Gasteiger partial charge in [0.15, 0.2) is 0 Å². The number of rotatable bonds is 3. The van der Waals surface area contributed by atoms with Crippen LogP contribution in [0.15, 0.2) is 59.6 Å². The minimum absolute atomic E-state index is 0.185. The van der Waals surface area contributed by atoms with Crippen LogP contribution in [0.25, 0.3) is 0 Å². The van der Waals surface area contributed by atoms with Crippen molar-refractivity contribution in [3.05, 3.63) is 82.9 Å². The van der Waals surface area contributed by atoms with Crippen molar-refractivity contribution < 1.29 is 26.0 Å². The average Bonchev–Trinajstić information content (AvgIpc) is 3.31. The SMILES string of the molecule is O=S(=O)(c1ccc(C(F)(F)F)cc1)N1C2CC(c3ccc(F)cc3)C1Cc1[nH]ncc12. The number of nitrogens with one attached hydrogen (secondary N) is 1. The van der Waals surface area contributed by atoms with Crippen LogP contribution in [0.3, 0.4) is 0 Å². The lowest BCUT2D eigenvalue weighted by Gasteiger charge is -2.34. The minimum atomic E-state index is -4.55. The van der Waals surface area contributed by atoms with Crippen LogP contribution < -0.4 is 0 Å². The first kappa shape index (κ1) is 20.2. The van der Waals surface area contributed by atoms with Gasteiger partial charge in [0.05, 0.1) is 22.7 Å². The number of H-pyrrole nitrogens is 1. The van der Waals surface area contributed by atoms with Crippen LogP contribution in [0.2, 0.25) is 0 Å². The van der Waals surface area contributed by atoms with Gasteiger partial charge in [-0.15, -0.1) is 0 Å². The highest BCUT2D eigenvalue weighted by atomic mass is 32.2. The first-order valence-electron chi connectivity index (χ1n) is 9.64. The molecule has 0 radical (unpaired) electrons. The Morgan fingerprint density at radius 1 is 1.03 bits per heavy atom. The predicted molar refractivity (Wildman–Crippen MR) is 103 cm³/mol. The molecule has 1 aromatic heterocycles. The largest absolute Gasteiger partial charge is 0.416 e. The summed E-state index contributed by atoms with van der Waals surface area (Å²) in [6, 6.07) is 8.56. The zero-order valence-electron chi connectivity index (χ0n) is 16.0. The second-order valence-corrected chi connectivity index (χ2v) is 9.69. The Kier molecular flexibility index (Phi) is 4.49. The fraction of sp³-hybridized carbons (Fsp3) is 0.286. The summed E-state index contributed by atoms with van der Waals surface area (Å²) in [5, 5.41) is 6.96. The van der Waals surface area contributed by atoms with E-state index in [1.54, 1.807) is 18.3 Å². The maximum absolute atomic E-state index is 13.5. The van der Waals surface area contributed by atoms with Crippen molar-refractivity contribution in [1.29, 1.82) is 0 Å². The van der Waals surface area contributed by atoms with E-state index < -0.39 is 33.8 Å². The molecule has 31 heavy (non-hydrogen) atoms. The van der Waals surface area contributed by atoms with Crippen molar-refractivity contribution >= 4 is 10.0 Å². The molecule has 162 valence electrons. The maximum Gasteiger partial charge on any atom is 0.416 e. The molecule has 0 spiro atoms. The molecule has 2 aliphatic heterocycles. The van der Waals surface area contributed by atoms with E-state index >= 15 is 0 Å². The molecule has 10 heteroatoms. The number of fused-ring (bicyclic) bond motifs is 4. The Balaban J connectivity index is 1.56. The van der Waals surface area contributed by atoms with Crippen molar-refractivity contribution in [1.82, 2.24) is 14.5 Å². The van der Waals surface area contributed by atoms with E-state index in [1.807, 2.05) is 0 Å². The number of hydrogen-bond donors (Lipinski definition) is 1. The molecule has 2 aromatic carbocycles. The molecule has 3 heterocycles. The molecule has 3 unspecified atom stereocenters. The van der Waals surface area contributed by atoms with Crippen molar-refractivity contribution in [3.8, 4) is 0 Å². The van der Waals surface area contributed by atoms with Gasteiger partial charge in [-0.2, -0.15) is 22.6 Å². The molecular formula is C21H17F4N3O2S. The van der Waals surface area contributed by atoms with Crippen molar-refractivity contribution in [2.24, 2.45) is 0 Å². The number of aromatic amines is 1. The summed E-state index contributed by atoms with van der Waals surface area (Å²) in [5.41, 5.74) is 1.52. The molecular weight excluding hydrogens is 434 g/mol. The van der Waals surface area contributed by atoms with Crippen LogP contribution >= 0.6 is 0 Å². The predicted octanol–water partition coefficient (Wildman–Crippen LogP) is 4.41. The van der Waals surface area contributed by atoms with Gasteiger partial charge in [0.2, 0.25) is 10.0 Å². The molecule has 2 aliphatic rings. The Hall–Kier alpha value is -2.72. The number of alkyl halides is 3. The summed E-state index contributed by atoms with van der Waals surface area (Å²) in [7, 11) is -4.08. The topological polar surface area (TPSA) is 66.1 Å². The minimum Gasteiger partial charge on any atom is -0.282 e. The molecule has 1 N–H and O–H groups in total. The molecule has 3 aromatic rings. The first-order valence-corrected chi connectivity index (χ1v) is 11.1. The third-order valence-electron chi connectivity index (χ3n) is 6.15. The lowest BCUT2D eigenvalue weighted by molar-refractivity contribution is -0.137. The Morgan fingerprint density at radius 2 is 1.71 bits per heavy atom. The van der Waals surface area contributed by atoms with Gasteiger partial charge in [0, 0.05) is 29.6 Å². The Bertz CT molecular complexity index is 1220. The van der Waals surface area contributed by atoms with Gasteiger partial charge in [-0.3, -0.25) is 5.10 Å². The summed E-state index contributed by atoms with van der Waals surface area (Å²) in [4.78, 5) is -0.192. The van der Waals surface area contributed by atoms with E-state index in [-0.39, 0.29) is 16.6 Å². The zero-order chi connectivity index (χ0) is 22.0. The number of sulfonamides is 1. The van der Waals surface area contributed by atoms with Crippen LogP contribution in [0.1, 0.15) is 40.8 Å². The van der Waals surface area contributed by atoms with Crippen molar-refractivity contribution in [3.63, 3.8) is 0 Å². The third kappa shape index (κ3) is 3.25. The molecule has 0 saturated carbocycles. The van der Waals surface area contributed by atoms with E-state index in [9.17, 15) is 26.0 Å². The monoisotopic (exact) mass is 451 g/mol. The fourth-order valence-electron chi connectivity index (χ4n) is 4.74. The standard InChI is InChI=1S/C21H17F4N3O2S/c22-14-5-1-12(2-6-14)16-9-19-17-11-26-27-18(17)10-20(16)28(19)31(29,30)15-7-3-13(4-8-15)21(23,24)25/h1-8,11,16,19-20H,9-10H2,(H,26,27). The van der Waals surface area contributed by atoms with Crippen LogP contribution in [0, 0.1) is 5.82 Å². The smallest absolute Gasteiger partial charge is 0.282 e. The molecule has 1 saturated heterocycles. The van der Waals surface area contributed by atoms with Gasteiger partial charge in [0.1, 0.15) is 5.82 Å². The van der Waals surface area contributed by atoms with Crippen LogP contribution in [-0.2, 0) is 22.6 Å². The summed E-state index contributed by atoms with van der Waals surface area (Å²) in [6.45, 7) is 0. The number of halogens is 4. The first-order chi connectivity index (χ1) is 14.7. The van der Waals surface area contributed by atoms with Gasteiger partial charge >= 0.3 is 6.18 Å². The highest BCUT2D eigenvalue weighted by Gasteiger charge is 2.52. The molecule has 1 fully saturated rings. The van der Waals surface area contributed by atoms with E-state index in [0.29, 0.717) is 12.8 Å². The summed E-state index contributed by atoms with van der Waals surface area (Å²) >= 11 is 0. The summed E-state index contributed by atoms with van der Waals surface area (Å²) < 4.78 is 80.6. The molecule has 5 rings (SSSR count). The second kappa shape index (κ2) is 6.89. The highest BCUT2D eigenvalue weighted by molar-refractivity contribution is 7.89. The van der Waals surface area contributed by atoms with Gasteiger partial charge in [-0.1, -0.05) is 12.1 Å². The van der Waals surface area contributed by atoms with Crippen LogP contribution in [-0.4, -0.2) is 29.0 Å². The number of aromatic nitrogens is 2. The van der Waals surface area contributed by atoms with Crippen molar-refractivity contribution in [2.45, 2.75) is 41.9 Å². The molecule has 0 aliphatic carbocycles. The molecule has 0 amide bonds.